The zero-order valence-corrected chi connectivity index (χ0v) is 15.4. The van der Waals surface area contributed by atoms with Gasteiger partial charge in [-0.2, -0.15) is 0 Å². The molecule has 2 aromatic rings. The molecule has 2 unspecified atom stereocenters. The molecule has 0 saturated carbocycles. The molecule has 0 fully saturated rings. The molecule has 1 aromatic carbocycles. The first-order chi connectivity index (χ1) is 12.1. The first-order valence-electron chi connectivity index (χ1n) is 8.68. The van der Waals surface area contributed by atoms with E-state index in [0.29, 0.717) is 12.2 Å². The van der Waals surface area contributed by atoms with Gasteiger partial charge in [-0.1, -0.05) is 55.4 Å². The first-order valence-corrected chi connectivity index (χ1v) is 9.66. The van der Waals surface area contributed by atoms with Crippen molar-refractivity contribution in [1.82, 2.24) is 14.9 Å². The highest BCUT2D eigenvalue weighted by Gasteiger charge is 2.28. The number of amides is 1. The maximum Gasteiger partial charge on any atom is 0.254 e. The zero-order valence-electron chi connectivity index (χ0n) is 14.6. The van der Waals surface area contributed by atoms with Crippen LogP contribution in [0.15, 0.2) is 46.3 Å². The topological polar surface area (TPSA) is 64.0 Å². The highest BCUT2D eigenvalue weighted by Crippen LogP contribution is 2.32. The minimum absolute atomic E-state index is 0.0423. The second-order valence-corrected chi connectivity index (χ2v) is 7.34. The van der Waals surface area contributed by atoms with Crippen molar-refractivity contribution < 1.29 is 4.79 Å². The number of thioether (sulfide) groups is 1. The average Bonchev–Trinajstić information content (AvgIpc) is 2.99. The van der Waals surface area contributed by atoms with E-state index in [0.717, 1.165) is 29.3 Å². The van der Waals surface area contributed by atoms with E-state index in [1.165, 1.54) is 0 Å². The molecule has 0 spiro atoms. The Balaban J connectivity index is 1.67. The van der Waals surface area contributed by atoms with Crippen molar-refractivity contribution in [2.24, 2.45) is 0 Å². The van der Waals surface area contributed by atoms with Crippen LogP contribution in [0.2, 0.25) is 0 Å². The Hall–Kier alpha value is -2.08. The molecule has 0 aliphatic carbocycles. The number of carbonyl (C=O) groups is 1. The van der Waals surface area contributed by atoms with Crippen molar-refractivity contribution >= 4 is 17.7 Å². The van der Waals surface area contributed by atoms with E-state index in [4.69, 9.17) is 0 Å². The highest BCUT2D eigenvalue weighted by atomic mass is 32.2. The summed E-state index contributed by atoms with van der Waals surface area (Å²) in [5, 5.41) is 3.76. The van der Waals surface area contributed by atoms with Crippen molar-refractivity contribution in [3.8, 4) is 0 Å². The molecule has 25 heavy (non-hydrogen) atoms. The third-order valence-electron chi connectivity index (χ3n) is 4.35. The van der Waals surface area contributed by atoms with Gasteiger partial charge < -0.3 is 5.32 Å². The lowest BCUT2D eigenvalue weighted by Crippen LogP contribution is -2.32. The summed E-state index contributed by atoms with van der Waals surface area (Å²) in [7, 11) is 0. The van der Waals surface area contributed by atoms with Gasteiger partial charge in [0.2, 0.25) is 5.91 Å². The van der Waals surface area contributed by atoms with E-state index >= 15 is 0 Å². The molecular formula is C19H23N3O2S. The monoisotopic (exact) mass is 357 g/mol. The standard InChI is InChI=1S/C19H23N3O2S/c1-3-7-15-10-18(24)22-16(12-25-19(22)21-15)11-17(23)20-13(2)14-8-5-4-6-9-14/h4-6,8-10,13,16H,3,7,11-12H2,1-2H3,(H,20,23). The van der Waals surface area contributed by atoms with Gasteiger partial charge in [0, 0.05) is 23.9 Å². The van der Waals surface area contributed by atoms with Crippen molar-refractivity contribution in [2.45, 2.75) is 50.4 Å². The Kier molecular flexibility index (Phi) is 5.58. The van der Waals surface area contributed by atoms with E-state index in [-0.39, 0.29) is 23.6 Å². The summed E-state index contributed by atoms with van der Waals surface area (Å²) in [5.41, 5.74) is 1.86. The predicted molar refractivity (Wildman–Crippen MR) is 99.9 cm³/mol. The van der Waals surface area contributed by atoms with E-state index in [9.17, 15) is 9.59 Å². The number of nitrogens with zero attached hydrogens (tertiary/aromatic N) is 2. The highest BCUT2D eigenvalue weighted by molar-refractivity contribution is 7.99. The summed E-state index contributed by atoms with van der Waals surface area (Å²) in [4.78, 5) is 29.4. The van der Waals surface area contributed by atoms with Gasteiger partial charge in [-0.05, 0) is 18.9 Å². The lowest BCUT2D eigenvalue weighted by atomic mass is 10.1. The van der Waals surface area contributed by atoms with Gasteiger partial charge in [0.05, 0.1) is 12.1 Å². The van der Waals surface area contributed by atoms with Gasteiger partial charge in [-0.15, -0.1) is 0 Å². The number of carbonyl (C=O) groups excluding carboxylic acids is 1. The Labute approximate surface area is 151 Å². The van der Waals surface area contributed by atoms with Crippen LogP contribution in [0.1, 0.15) is 50.0 Å². The quantitative estimate of drug-likeness (QED) is 0.807. The smallest absolute Gasteiger partial charge is 0.254 e. The summed E-state index contributed by atoms with van der Waals surface area (Å²) in [6.45, 7) is 4.04. The number of nitrogens with one attached hydrogen (secondary N) is 1. The summed E-state index contributed by atoms with van der Waals surface area (Å²) in [5.74, 6) is 0.671. The number of hydrogen-bond donors (Lipinski definition) is 1. The molecule has 1 amide bonds. The van der Waals surface area contributed by atoms with E-state index in [1.807, 2.05) is 37.3 Å². The van der Waals surface area contributed by atoms with Crippen LogP contribution in [-0.4, -0.2) is 21.2 Å². The Morgan fingerprint density at radius 2 is 2.16 bits per heavy atom. The molecular weight excluding hydrogens is 334 g/mol. The van der Waals surface area contributed by atoms with Crippen LogP contribution in [-0.2, 0) is 11.2 Å². The second kappa shape index (κ2) is 7.87. The van der Waals surface area contributed by atoms with Crippen LogP contribution >= 0.6 is 11.8 Å². The molecule has 1 aliphatic heterocycles. The fraction of sp³-hybridized carbons (Fsp3) is 0.421. The maximum atomic E-state index is 12.4. The second-order valence-electron chi connectivity index (χ2n) is 6.36. The summed E-state index contributed by atoms with van der Waals surface area (Å²) in [6.07, 6.45) is 2.07. The number of hydrogen-bond acceptors (Lipinski definition) is 4. The number of fused-ring (bicyclic) bond motifs is 1. The van der Waals surface area contributed by atoms with E-state index in [2.05, 4.69) is 17.2 Å². The van der Waals surface area contributed by atoms with Crippen LogP contribution in [0.25, 0.3) is 0 Å². The normalized spacial score (nSPS) is 17.1. The van der Waals surface area contributed by atoms with Crippen LogP contribution in [0.5, 0.6) is 0 Å². The van der Waals surface area contributed by atoms with Crippen molar-refractivity contribution in [2.75, 3.05) is 5.75 Å². The maximum absolute atomic E-state index is 12.4. The Morgan fingerprint density at radius 3 is 2.88 bits per heavy atom. The number of benzene rings is 1. The third kappa shape index (κ3) is 4.12. The van der Waals surface area contributed by atoms with Gasteiger partial charge in [0.1, 0.15) is 0 Å². The van der Waals surface area contributed by atoms with Gasteiger partial charge >= 0.3 is 0 Å². The lowest BCUT2D eigenvalue weighted by Gasteiger charge is -2.17. The first kappa shape index (κ1) is 17.7. The molecule has 6 heteroatoms. The summed E-state index contributed by atoms with van der Waals surface area (Å²) in [6, 6.07) is 11.3. The molecule has 2 heterocycles. The largest absolute Gasteiger partial charge is 0.350 e. The molecule has 1 aliphatic rings. The lowest BCUT2D eigenvalue weighted by molar-refractivity contribution is -0.122. The van der Waals surface area contributed by atoms with Crippen LogP contribution in [0.4, 0.5) is 0 Å². The van der Waals surface area contributed by atoms with Crippen molar-refractivity contribution in [3.63, 3.8) is 0 Å². The molecule has 0 radical (unpaired) electrons. The Morgan fingerprint density at radius 1 is 1.40 bits per heavy atom. The number of aromatic nitrogens is 2. The fourth-order valence-electron chi connectivity index (χ4n) is 3.07. The zero-order chi connectivity index (χ0) is 17.8. The molecule has 3 rings (SSSR count). The SMILES string of the molecule is CCCc1cc(=O)n2c(n1)SCC2CC(=O)NC(C)c1ccccc1. The van der Waals surface area contributed by atoms with E-state index < -0.39 is 0 Å². The molecule has 1 aromatic heterocycles. The Bertz CT molecular complexity index is 804. The number of aryl methyl sites for hydroxylation is 1. The summed E-state index contributed by atoms with van der Waals surface area (Å²) >= 11 is 1.56. The average molecular weight is 357 g/mol. The molecule has 132 valence electrons. The fourth-order valence-corrected chi connectivity index (χ4v) is 4.24. The number of rotatable bonds is 6. The molecule has 5 nitrogen and oxygen atoms in total. The van der Waals surface area contributed by atoms with Crippen LogP contribution < -0.4 is 10.9 Å². The van der Waals surface area contributed by atoms with Gasteiger partial charge in [-0.25, -0.2) is 4.98 Å². The molecule has 0 bridgehead atoms. The molecule has 1 N–H and O–H groups in total. The van der Waals surface area contributed by atoms with Crippen LogP contribution in [0.3, 0.4) is 0 Å². The summed E-state index contributed by atoms with van der Waals surface area (Å²) < 4.78 is 1.68. The molecule has 0 saturated heterocycles. The van der Waals surface area contributed by atoms with E-state index in [1.54, 1.807) is 22.4 Å². The third-order valence-corrected chi connectivity index (χ3v) is 5.44. The molecule has 2 atom stereocenters. The minimum atomic E-state index is -0.126. The van der Waals surface area contributed by atoms with Crippen LogP contribution in [0, 0.1) is 0 Å². The van der Waals surface area contributed by atoms with Gasteiger partial charge in [0.15, 0.2) is 5.16 Å². The predicted octanol–water partition coefficient (Wildman–Crippen LogP) is 3.11. The van der Waals surface area contributed by atoms with Gasteiger partial charge in [0.25, 0.3) is 5.56 Å². The van der Waals surface area contributed by atoms with Crippen molar-refractivity contribution in [1.29, 1.82) is 0 Å². The minimum Gasteiger partial charge on any atom is -0.350 e. The van der Waals surface area contributed by atoms with Gasteiger partial charge in [-0.3, -0.25) is 14.2 Å². The van der Waals surface area contributed by atoms with Crippen molar-refractivity contribution in [3.05, 3.63) is 58.0 Å².